The Hall–Kier alpha value is -3.06. The molecule has 2 heterocycles. The Labute approximate surface area is 172 Å². The zero-order valence-corrected chi connectivity index (χ0v) is 17.2. The number of Topliss-reactive ketones (excluding diaryl/α,β-unsaturated/α-hetero) is 1. The SMILES string of the molecule is COc1ccc(Cc2nnc(S[C@@H](C)C(=O)c3c(C)[nH]c4ccccc34)o2)cc1. The number of aryl methyl sites for hydroxylation is 1. The van der Waals surface area contributed by atoms with Crippen LogP contribution in [0.2, 0.25) is 0 Å². The average molecular weight is 407 g/mol. The number of benzene rings is 2. The lowest BCUT2D eigenvalue weighted by atomic mass is 10.1. The number of hydrogen-bond acceptors (Lipinski definition) is 6. The van der Waals surface area contributed by atoms with Crippen LogP contribution in [0.5, 0.6) is 5.75 Å². The Morgan fingerprint density at radius 1 is 1.17 bits per heavy atom. The lowest BCUT2D eigenvalue weighted by Crippen LogP contribution is -2.14. The second kappa shape index (κ2) is 8.13. The summed E-state index contributed by atoms with van der Waals surface area (Å²) < 4.78 is 10.9. The molecule has 0 bridgehead atoms. The Morgan fingerprint density at radius 2 is 1.93 bits per heavy atom. The molecule has 2 aromatic heterocycles. The first kappa shape index (κ1) is 19.3. The van der Waals surface area contributed by atoms with Crippen molar-refractivity contribution >= 4 is 28.4 Å². The van der Waals surface area contributed by atoms with Gasteiger partial charge in [-0.3, -0.25) is 4.79 Å². The number of rotatable bonds is 7. The number of para-hydroxylation sites is 1. The van der Waals surface area contributed by atoms with E-state index >= 15 is 0 Å². The van der Waals surface area contributed by atoms with E-state index in [2.05, 4.69) is 15.2 Å². The Bertz CT molecular complexity index is 1150. The van der Waals surface area contributed by atoms with E-state index < -0.39 is 0 Å². The molecule has 0 saturated heterocycles. The lowest BCUT2D eigenvalue weighted by Gasteiger charge is -2.07. The fourth-order valence-corrected chi connectivity index (χ4v) is 4.04. The number of aromatic amines is 1. The van der Waals surface area contributed by atoms with Gasteiger partial charge in [0.05, 0.1) is 18.8 Å². The molecule has 1 atom stereocenters. The van der Waals surface area contributed by atoms with E-state index in [4.69, 9.17) is 9.15 Å². The smallest absolute Gasteiger partial charge is 0.277 e. The maximum Gasteiger partial charge on any atom is 0.277 e. The summed E-state index contributed by atoms with van der Waals surface area (Å²) in [6, 6.07) is 15.5. The molecule has 0 saturated carbocycles. The highest BCUT2D eigenvalue weighted by Crippen LogP contribution is 2.29. The number of thioether (sulfide) groups is 1. The van der Waals surface area contributed by atoms with Crippen LogP contribution in [-0.2, 0) is 6.42 Å². The highest BCUT2D eigenvalue weighted by molar-refractivity contribution is 8.00. The van der Waals surface area contributed by atoms with E-state index in [1.165, 1.54) is 11.8 Å². The summed E-state index contributed by atoms with van der Waals surface area (Å²) in [6.07, 6.45) is 0.529. The van der Waals surface area contributed by atoms with Gasteiger partial charge in [-0.2, -0.15) is 0 Å². The number of carbonyl (C=O) groups is 1. The summed E-state index contributed by atoms with van der Waals surface area (Å²) >= 11 is 1.28. The van der Waals surface area contributed by atoms with Crippen molar-refractivity contribution in [3.8, 4) is 5.75 Å². The van der Waals surface area contributed by atoms with Gasteiger partial charge in [0.2, 0.25) is 5.89 Å². The molecule has 4 rings (SSSR count). The molecule has 7 heteroatoms. The standard InChI is InChI=1S/C22H21N3O3S/c1-13-20(17-6-4-5-7-18(17)23-13)21(26)14(2)29-22-25-24-19(28-22)12-15-8-10-16(27-3)11-9-15/h4-11,14,23H,12H2,1-3H3/t14-/m0/s1. The number of methoxy groups -OCH3 is 1. The molecular weight excluding hydrogens is 386 g/mol. The molecule has 6 nitrogen and oxygen atoms in total. The predicted molar refractivity (Wildman–Crippen MR) is 113 cm³/mol. The first-order valence-corrected chi connectivity index (χ1v) is 10.2. The largest absolute Gasteiger partial charge is 0.497 e. The summed E-state index contributed by atoms with van der Waals surface area (Å²) in [4.78, 5) is 16.3. The van der Waals surface area contributed by atoms with Crippen LogP contribution in [0.15, 0.2) is 58.2 Å². The molecule has 2 aromatic carbocycles. The van der Waals surface area contributed by atoms with Crippen LogP contribution < -0.4 is 4.74 Å². The number of nitrogens with one attached hydrogen (secondary N) is 1. The van der Waals surface area contributed by atoms with Crippen molar-refractivity contribution in [2.75, 3.05) is 7.11 Å². The van der Waals surface area contributed by atoms with Crippen molar-refractivity contribution in [2.45, 2.75) is 30.7 Å². The van der Waals surface area contributed by atoms with Crippen LogP contribution in [0, 0.1) is 6.92 Å². The summed E-state index contributed by atoms with van der Waals surface area (Å²) in [5.74, 6) is 1.36. The monoisotopic (exact) mass is 407 g/mol. The van der Waals surface area contributed by atoms with Gasteiger partial charge >= 0.3 is 0 Å². The van der Waals surface area contributed by atoms with Gasteiger partial charge in [0.1, 0.15) is 5.75 Å². The second-order valence-electron chi connectivity index (χ2n) is 6.78. The number of H-pyrrole nitrogens is 1. The zero-order chi connectivity index (χ0) is 20.4. The molecule has 0 radical (unpaired) electrons. The van der Waals surface area contributed by atoms with Gasteiger partial charge < -0.3 is 14.1 Å². The second-order valence-corrected chi connectivity index (χ2v) is 8.07. The maximum absolute atomic E-state index is 13.1. The Balaban J connectivity index is 1.46. The third-order valence-electron chi connectivity index (χ3n) is 4.75. The van der Waals surface area contributed by atoms with Crippen molar-refractivity contribution in [3.63, 3.8) is 0 Å². The van der Waals surface area contributed by atoms with Gasteiger partial charge in [0.25, 0.3) is 5.22 Å². The molecule has 0 aliphatic rings. The molecule has 148 valence electrons. The first-order chi connectivity index (χ1) is 14.0. The molecule has 0 unspecified atom stereocenters. The van der Waals surface area contributed by atoms with Crippen molar-refractivity contribution in [1.29, 1.82) is 0 Å². The lowest BCUT2D eigenvalue weighted by molar-refractivity contribution is 0.0994. The minimum absolute atomic E-state index is 0.0415. The van der Waals surface area contributed by atoms with Crippen molar-refractivity contribution < 1.29 is 13.9 Å². The molecule has 1 N–H and O–H groups in total. The van der Waals surface area contributed by atoms with Crippen molar-refractivity contribution in [2.24, 2.45) is 0 Å². The molecule has 0 amide bonds. The maximum atomic E-state index is 13.1. The van der Waals surface area contributed by atoms with Crippen molar-refractivity contribution in [1.82, 2.24) is 15.2 Å². The predicted octanol–water partition coefficient (Wildman–Crippen LogP) is 4.82. The molecule has 4 aromatic rings. The molecule has 0 fully saturated rings. The fourth-order valence-electron chi connectivity index (χ4n) is 3.28. The molecule has 0 spiro atoms. The van der Waals surface area contributed by atoms with E-state index in [9.17, 15) is 4.79 Å². The van der Waals surface area contributed by atoms with Gasteiger partial charge in [-0.05, 0) is 37.6 Å². The average Bonchev–Trinajstić information content (AvgIpc) is 3.30. The number of fused-ring (bicyclic) bond motifs is 1. The molecule has 0 aliphatic carbocycles. The Morgan fingerprint density at radius 3 is 2.69 bits per heavy atom. The van der Waals surface area contributed by atoms with Crippen LogP contribution in [0.25, 0.3) is 10.9 Å². The number of hydrogen-bond donors (Lipinski definition) is 1. The minimum Gasteiger partial charge on any atom is -0.497 e. The fraction of sp³-hybridized carbons (Fsp3) is 0.227. The zero-order valence-electron chi connectivity index (χ0n) is 16.4. The van der Waals surface area contributed by atoms with Crippen LogP contribution in [0.3, 0.4) is 0 Å². The van der Waals surface area contributed by atoms with Gasteiger partial charge in [-0.25, -0.2) is 0 Å². The first-order valence-electron chi connectivity index (χ1n) is 9.28. The van der Waals surface area contributed by atoms with Gasteiger partial charge in [0, 0.05) is 22.2 Å². The highest BCUT2D eigenvalue weighted by atomic mass is 32.2. The molecule has 0 aliphatic heterocycles. The van der Waals surface area contributed by atoms with Gasteiger partial charge in [0.15, 0.2) is 5.78 Å². The Kier molecular flexibility index (Phi) is 5.40. The van der Waals surface area contributed by atoms with Crippen molar-refractivity contribution in [3.05, 3.63) is 71.2 Å². The third kappa shape index (κ3) is 4.05. The van der Waals surface area contributed by atoms with Crippen LogP contribution in [-0.4, -0.2) is 33.3 Å². The van der Waals surface area contributed by atoms with E-state index in [1.807, 2.05) is 62.4 Å². The quantitative estimate of drug-likeness (QED) is 0.349. The van der Waals surface area contributed by atoms with E-state index in [1.54, 1.807) is 7.11 Å². The number of carbonyl (C=O) groups excluding carboxylic acids is 1. The topological polar surface area (TPSA) is 81.0 Å². The minimum atomic E-state index is -0.345. The summed E-state index contributed by atoms with van der Waals surface area (Å²) in [7, 11) is 1.64. The van der Waals surface area contributed by atoms with E-state index in [0.29, 0.717) is 17.5 Å². The molecule has 29 heavy (non-hydrogen) atoms. The normalized spacial score (nSPS) is 12.2. The molecular formula is C22H21N3O3S. The summed E-state index contributed by atoms with van der Waals surface area (Å²) in [5, 5.41) is 9.19. The van der Waals surface area contributed by atoms with Gasteiger partial charge in [-0.1, -0.05) is 42.1 Å². The number of ether oxygens (including phenoxy) is 1. The van der Waals surface area contributed by atoms with Crippen LogP contribution >= 0.6 is 11.8 Å². The van der Waals surface area contributed by atoms with E-state index in [-0.39, 0.29) is 11.0 Å². The number of aromatic nitrogens is 3. The van der Waals surface area contributed by atoms with Crippen LogP contribution in [0.1, 0.15) is 34.4 Å². The summed E-state index contributed by atoms with van der Waals surface area (Å²) in [6.45, 7) is 3.78. The van der Waals surface area contributed by atoms with Crippen LogP contribution in [0.4, 0.5) is 0 Å². The third-order valence-corrected chi connectivity index (χ3v) is 5.68. The highest BCUT2D eigenvalue weighted by Gasteiger charge is 2.24. The number of nitrogens with zero attached hydrogens (tertiary/aromatic N) is 2. The van der Waals surface area contributed by atoms with Gasteiger partial charge in [-0.15, -0.1) is 10.2 Å². The van der Waals surface area contributed by atoms with E-state index in [0.717, 1.165) is 33.5 Å². The summed E-state index contributed by atoms with van der Waals surface area (Å²) in [5.41, 5.74) is 3.60. The number of ketones is 1.